The van der Waals surface area contributed by atoms with Crippen LogP contribution >= 0.6 is 0 Å². The van der Waals surface area contributed by atoms with Gasteiger partial charge in [0.15, 0.2) is 0 Å². The number of urea groups is 1. The summed E-state index contributed by atoms with van der Waals surface area (Å²) in [4.78, 5) is 11.9. The lowest BCUT2D eigenvalue weighted by Crippen LogP contribution is -2.19. The minimum Gasteiger partial charge on any atom is -0.493 e. The second-order valence-corrected chi connectivity index (χ2v) is 4.72. The van der Waals surface area contributed by atoms with Crippen molar-refractivity contribution in [3.05, 3.63) is 54.1 Å². The molecule has 2 aromatic carbocycles. The van der Waals surface area contributed by atoms with Gasteiger partial charge in [0, 0.05) is 11.4 Å². The number of benzene rings is 2. The van der Waals surface area contributed by atoms with Crippen LogP contribution in [0.5, 0.6) is 5.75 Å². The normalized spacial score (nSPS) is 13.0. The van der Waals surface area contributed by atoms with E-state index in [2.05, 4.69) is 10.6 Å². The van der Waals surface area contributed by atoms with Crippen molar-refractivity contribution < 1.29 is 9.53 Å². The molecule has 20 heavy (non-hydrogen) atoms. The van der Waals surface area contributed by atoms with Gasteiger partial charge in [0.1, 0.15) is 5.75 Å². The predicted octanol–water partition coefficient (Wildman–Crippen LogP) is 3.66. The molecule has 0 aliphatic carbocycles. The number of fused-ring (bicyclic) bond motifs is 1. The fourth-order valence-electron chi connectivity index (χ4n) is 2.25. The number of ether oxygens (including phenoxy) is 1. The number of aryl methyl sites for hydroxylation is 1. The van der Waals surface area contributed by atoms with Crippen LogP contribution in [0.25, 0.3) is 0 Å². The Hall–Kier alpha value is -2.49. The number of hydrogen-bond acceptors (Lipinski definition) is 2. The monoisotopic (exact) mass is 268 g/mol. The van der Waals surface area contributed by atoms with Crippen LogP contribution in [0.3, 0.4) is 0 Å². The van der Waals surface area contributed by atoms with E-state index in [1.165, 1.54) is 0 Å². The van der Waals surface area contributed by atoms with Gasteiger partial charge in [-0.2, -0.15) is 0 Å². The fourth-order valence-corrected chi connectivity index (χ4v) is 2.25. The van der Waals surface area contributed by atoms with Gasteiger partial charge in [0.2, 0.25) is 0 Å². The molecule has 2 N–H and O–H groups in total. The van der Waals surface area contributed by atoms with Gasteiger partial charge in [-0.15, -0.1) is 0 Å². The van der Waals surface area contributed by atoms with Crippen LogP contribution in [0.1, 0.15) is 12.0 Å². The molecular weight excluding hydrogens is 252 g/mol. The zero-order valence-electron chi connectivity index (χ0n) is 11.1. The smallest absolute Gasteiger partial charge is 0.323 e. The summed E-state index contributed by atoms with van der Waals surface area (Å²) in [7, 11) is 0. The highest BCUT2D eigenvalue weighted by atomic mass is 16.5. The minimum atomic E-state index is -0.243. The molecule has 0 fully saturated rings. The third-order valence-corrected chi connectivity index (χ3v) is 3.20. The van der Waals surface area contributed by atoms with Crippen molar-refractivity contribution in [3.63, 3.8) is 0 Å². The van der Waals surface area contributed by atoms with E-state index in [0.29, 0.717) is 0 Å². The van der Waals surface area contributed by atoms with Crippen molar-refractivity contribution in [1.29, 1.82) is 0 Å². The van der Waals surface area contributed by atoms with Crippen molar-refractivity contribution in [2.75, 3.05) is 17.2 Å². The van der Waals surface area contributed by atoms with Crippen LogP contribution in [0.2, 0.25) is 0 Å². The molecule has 4 heteroatoms. The van der Waals surface area contributed by atoms with E-state index < -0.39 is 0 Å². The molecule has 1 aliphatic heterocycles. The summed E-state index contributed by atoms with van der Waals surface area (Å²) in [6, 6.07) is 14.9. The van der Waals surface area contributed by atoms with Gasteiger partial charge in [-0.3, -0.25) is 0 Å². The third kappa shape index (κ3) is 2.91. The number of para-hydroxylation sites is 1. The Morgan fingerprint density at radius 2 is 1.80 bits per heavy atom. The maximum Gasteiger partial charge on any atom is 0.323 e. The van der Waals surface area contributed by atoms with E-state index in [-0.39, 0.29) is 6.03 Å². The molecule has 3 rings (SSSR count). The van der Waals surface area contributed by atoms with Gasteiger partial charge < -0.3 is 15.4 Å². The molecule has 0 atom stereocenters. The molecule has 2 aromatic rings. The SMILES string of the molecule is O=C(Nc1ccccc1)Nc1ccc2c(c1)CCCO2. The lowest BCUT2D eigenvalue weighted by atomic mass is 10.1. The molecule has 0 saturated heterocycles. The molecule has 0 bridgehead atoms. The Kier molecular flexibility index (Phi) is 3.54. The first-order chi connectivity index (χ1) is 9.81. The maximum atomic E-state index is 11.9. The summed E-state index contributed by atoms with van der Waals surface area (Å²) in [5, 5.41) is 5.62. The van der Waals surface area contributed by atoms with Gasteiger partial charge in [0.05, 0.1) is 6.61 Å². The summed E-state index contributed by atoms with van der Waals surface area (Å²) < 4.78 is 5.55. The van der Waals surface area contributed by atoms with E-state index in [0.717, 1.165) is 42.1 Å². The highest BCUT2D eigenvalue weighted by Crippen LogP contribution is 2.27. The van der Waals surface area contributed by atoms with E-state index in [9.17, 15) is 4.79 Å². The minimum absolute atomic E-state index is 0.243. The van der Waals surface area contributed by atoms with E-state index in [1.54, 1.807) is 0 Å². The quantitative estimate of drug-likeness (QED) is 0.873. The molecule has 0 spiro atoms. The summed E-state index contributed by atoms with van der Waals surface area (Å²) >= 11 is 0. The first-order valence-electron chi connectivity index (χ1n) is 6.70. The van der Waals surface area contributed by atoms with Crippen LogP contribution in [0.4, 0.5) is 16.2 Å². The Labute approximate surface area is 117 Å². The molecule has 0 radical (unpaired) electrons. The molecule has 2 amide bonds. The number of carbonyl (C=O) groups excluding carboxylic acids is 1. The van der Waals surface area contributed by atoms with Crippen molar-refractivity contribution >= 4 is 17.4 Å². The van der Waals surface area contributed by atoms with Crippen molar-refractivity contribution in [1.82, 2.24) is 0 Å². The third-order valence-electron chi connectivity index (χ3n) is 3.20. The molecule has 1 heterocycles. The van der Waals surface area contributed by atoms with Crippen molar-refractivity contribution in [2.24, 2.45) is 0 Å². The van der Waals surface area contributed by atoms with Gasteiger partial charge >= 0.3 is 6.03 Å². The number of nitrogens with one attached hydrogen (secondary N) is 2. The molecule has 0 unspecified atom stereocenters. The number of carbonyl (C=O) groups is 1. The first kappa shape index (κ1) is 12.5. The molecule has 102 valence electrons. The van der Waals surface area contributed by atoms with Crippen molar-refractivity contribution in [2.45, 2.75) is 12.8 Å². The van der Waals surface area contributed by atoms with Crippen LogP contribution in [0.15, 0.2) is 48.5 Å². The molecular formula is C16H16N2O2. The van der Waals surface area contributed by atoms with Crippen LogP contribution < -0.4 is 15.4 Å². The molecule has 0 aromatic heterocycles. The van der Waals surface area contributed by atoms with Crippen LogP contribution in [-0.4, -0.2) is 12.6 Å². The Bertz CT molecular complexity index is 611. The van der Waals surface area contributed by atoms with Gasteiger partial charge in [-0.25, -0.2) is 4.79 Å². The average Bonchev–Trinajstić information content (AvgIpc) is 2.48. The van der Waals surface area contributed by atoms with E-state index >= 15 is 0 Å². The number of hydrogen-bond donors (Lipinski definition) is 2. The number of rotatable bonds is 2. The number of anilines is 2. The summed E-state index contributed by atoms with van der Waals surface area (Å²) in [6.07, 6.45) is 2.01. The average molecular weight is 268 g/mol. The standard InChI is InChI=1S/C16H16N2O2/c19-16(17-13-6-2-1-3-7-13)18-14-8-9-15-12(11-14)5-4-10-20-15/h1-3,6-9,11H,4-5,10H2,(H2,17,18,19). The van der Waals surface area contributed by atoms with Crippen LogP contribution in [0, 0.1) is 0 Å². The predicted molar refractivity (Wildman–Crippen MR) is 79.3 cm³/mol. The highest BCUT2D eigenvalue weighted by Gasteiger charge is 2.11. The zero-order valence-corrected chi connectivity index (χ0v) is 11.1. The maximum absolute atomic E-state index is 11.9. The van der Waals surface area contributed by atoms with Crippen LogP contribution in [-0.2, 0) is 6.42 Å². The Morgan fingerprint density at radius 1 is 1.00 bits per heavy atom. The summed E-state index contributed by atoms with van der Waals surface area (Å²) in [5.41, 5.74) is 2.70. The topological polar surface area (TPSA) is 50.4 Å². The van der Waals surface area contributed by atoms with Crippen molar-refractivity contribution in [3.8, 4) is 5.75 Å². The Morgan fingerprint density at radius 3 is 2.65 bits per heavy atom. The van der Waals surface area contributed by atoms with Gasteiger partial charge in [-0.05, 0) is 48.7 Å². The zero-order chi connectivity index (χ0) is 13.8. The largest absolute Gasteiger partial charge is 0.493 e. The first-order valence-corrected chi connectivity index (χ1v) is 6.70. The lowest BCUT2D eigenvalue weighted by Gasteiger charge is -2.18. The van der Waals surface area contributed by atoms with Gasteiger partial charge in [0.25, 0.3) is 0 Å². The summed E-state index contributed by atoms with van der Waals surface area (Å²) in [5.74, 6) is 0.922. The molecule has 0 saturated carbocycles. The second kappa shape index (κ2) is 5.65. The Balaban J connectivity index is 1.67. The highest BCUT2D eigenvalue weighted by molar-refractivity contribution is 5.99. The van der Waals surface area contributed by atoms with E-state index in [4.69, 9.17) is 4.74 Å². The second-order valence-electron chi connectivity index (χ2n) is 4.72. The fraction of sp³-hybridized carbons (Fsp3) is 0.188. The van der Waals surface area contributed by atoms with E-state index in [1.807, 2.05) is 48.5 Å². The summed E-state index contributed by atoms with van der Waals surface area (Å²) in [6.45, 7) is 0.772. The lowest BCUT2D eigenvalue weighted by molar-refractivity contribution is 0.262. The number of amides is 2. The molecule has 4 nitrogen and oxygen atoms in total. The molecule has 1 aliphatic rings. The van der Waals surface area contributed by atoms with Gasteiger partial charge in [-0.1, -0.05) is 18.2 Å².